The molecule has 0 spiro atoms. The highest BCUT2D eigenvalue weighted by Crippen LogP contribution is 2.36. The maximum Gasteiger partial charge on any atom is 0.270 e. The van der Waals surface area contributed by atoms with Gasteiger partial charge in [0, 0.05) is 0 Å². The molecule has 2 aromatic rings. The van der Waals surface area contributed by atoms with Crippen molar-refractivity contribution in [2.75, 3.05) is 18.6 Å². The maximum atomic E-state index is 12.7. The largest absolute Gasteiger partial charge is 0.497 e. The second kappa shape index (κ2) is 7.72. The van der Waals surface area contributed by atoms with E-state index in [1.807, 2.05) is 61.5 Å². The molecule has 0 aromatic heterocycles. The highest BCUT2D eigenvalue weighted by Gasteiger charge is 2.33. The molecule has 4 nitrogen and oxygen atoms in total. The van der Waals surface area contributed by atoms with Crippen LogP contribution in [0.4, 0.5) is 5.69 Å². The molecule has 6 heteroatoms. The quantitative estimate of drug-likeness (QED) is 0.572. The smallest absolute Gasteiger partial charge is 0.270 e. The Morgan fingerprint density at radius 3 is 2.32 bits per heavy atom. The Balaban J connectivity index is 1.82. The number of hydrogen-bond acceptors (Lipinski definition) is 5. The summed E-state index contributed by atoms with van der Waals surface area (Å²) >= 11 is 6.69. The number of amides is 1. The van der Waals surface area contributed by atoms with Crippen LogP contribution in [0.1, 0.15) is 12.5 Å². The molecule has 1 aliphatic rings. The Morgan fingerprint density at radius 2 is 1.72 bits per heavy atom. The molecule has 2 aromatic carbocycles. The van der Waals surface area contributed by atoms with Crippen LogP contribution in [0.3, 0.4) is 0 Å². The van der Waals surface area contributed by atoms with Gasteiger partial charge in [-0.05, 0) is 55.0 Å². The lowest BCUT2D eigenvalue weighted by molar-refractivity contribution is -0.113. The zero-order valence-corrected chi connectivity index (χ0v) is 15.5. The number of thioether (sulfide) groups is 1. The van der Waals surface area contributed by atoms with Gasteiger partial charge in [0.25, 0.3) is 5.91 Å². The van der Waals surface area contributed by atoms with Gasteiger partial charge in [-0.2, -0.15) is 0 Å². The van der Waals surface area contributed by atoms with Crippen LogP contribution in [0.2, 0.25) is 0 Å². The van der Waals surface area contributed by atoms with Crippen molar-refractivity contribution in [2.45, 2.75) is 6.92 Å². The maximum absolute atomic E-state index is 12.7. The highest BCUT2D eigenvalue weighted by molar-refractivity contribution is 8.27. The summed E-state index contributed by atoms with van der Waals surface area (Å²) in [6.07, 6.45) is 1.84. The Bertz CT molecular complexity index is 814. The summed E-state index contributed by atoms with van der Waals surface area (Å²) in [6.45, 7) is 2.53. The summed E-state index contributed by atoms with van der Waals surface area (Å²) in [5.74, 6) is 1.43. The van der Waals surface area contributed by atoms with Gasteiger partial charge in [-0.25, -0.2) is 0 Å². The first-order valence-electron chi connectivity index (χ1n) is 7.77. The highest BCUT2D eigenvalue weighted by atomic mass is 32.2. The number of thiocarbonyl (C=S) groups is 1. The first-order valence-corrected chi connectivity index (χ1v) is 8.99. The average molecular weight is 371 g/mol. The minimum Gasteiger partial charge on any atom is -0.497 e. The van der Waals surface area contributed by atoms with Crippen LogP contribution >= 0.6 is 24.0 Å². The van der Waals surface area contributed by atoms with E-state index in [4.69, 9.17) is 21.7 Å². The van der Waals surface area contributed by atoms with Crippen molar-refractivity contribution in [2.24, 2.45) is 0 Å². The van der Waals surface area contributed by atoms with E-state index in [0.717, 1.165) is 22.7 Å². The van der Waals surface area contributed by atoms with Gasteiger partial charge in [0.15, 0.2) is 4.32 Å². The number of nitrogens with zero attached hydrogens (tertiary/aromatic N) is 1. The van der Waals surface area contributed by atoms with Gasteiger partial charge in [0.1, 0.15) is 11.5 Å². The minimum absolute atomic E-state index is 0.116. The molecular weight excluding hydrogens is 354 g/mol. The Hall–Kier alpha value is -2.31. The molecule has 0 saturated carbocycles. The topological polar surface area (TPSA) is 38.8 Å². The second-order valence-corrected chi connectivity index (χ2v) is 6.89. The molecule has 25 heavy (non-hydrogen) atoms. The van der Waals surface area contributed by atoms with Gasteiger partial charge >= 0.3 is 0 Å². The van der Waals surface area contributed by atoms with Crippen molar-refractivity contribution in [3.8, 4) is 11.5 Å². The third kappa shape index (κ3) is 3.86. The third-order valence-electron chi connectivity index (χ3n) is 3.61. The van der Waals surface area contributed by atoms with Crippen LogP contribution in [-0.4, -0.2) is 23.9 Å². The zero-order valence-electron chi connectivity index (χ0n) is 13.9. The molecule has 1 heterocycles. The van der Waals surface area contributed by atoms with Crippen LogP contribution in [0, 0.1) is 0 Å². The number of methoxy groups -OCH3 is 1. The van der Waals surface area contributed by atoms with Crippen LogP contribution in [-0.2, 0) is 4.79 Å². The van der Waals surface area contributed by atoms with Crippen molar-refractivity contribution < 1.29 is 14.3 Å². The fraction of sp³-hybridized carbons (Fsp3) is 0.158. The fourth-order valence-corrected chi connectivity index (χ4v) is 3.70. The number of hydrogen-bond donors (Lipinski definition) is 0. The van der Waals surface area contributed by atoms with E-state index in [-0.39, 0.29) is 5.91 Å². The van der Waals surface area contributed by atoms with Gasteiger partial charge < -0.3 is 9.47 Å². The van der Waals surface area contributed by atoms with Crippen molar-refractivity contribution in [3.63, 3.8) is 0 Å². The Labute approximate surface area is 156 Å². The summed E-state index contributed by atoms with van der Waals surface area (Å²) < 4.78 is 11.1. The minimum atomic E-state index is -0.116. The molecule has 128 valence electrons. The molecule has 0 bridgehead atoms. The molecule has 0 atom stereocenters. The van der Waals surface area contributed by atoms with Gasteiger partial charge in [-0.3, -0.25) is 9.69 Å². The summed E-state index contributed by atoms with van der Waals surface area (Å²) in [4.78, 5) is 14.9. The van der Waals surface area contributed by atoms with E-state index >= 15 is 0 Å². The Kier molecular flexibility index (Phi) is 5.40. The van der Waals surface area contributed by atoms with Gasteiger partial charge in [0.05, 0.1) is 24.3 Å². The second-order valence-electron chi connectivity index (χ2n) is 5.22. The molecule has 0 aliphatic carbocycles. The zero-order chi connectivity index (χ0) is 17.8. The number of anilines is 1. The van der Waals surface area contributed by atoms with E-state index < -0.39 is 0 Å². The standard InChI is InChI=1S/C19H17NO3S2/c1-3-23-16-10-6-14(7-11-16)20-18(21)17(25-19(20)24)12-13-4-8-15(22-2)9-5-13/h4-12H,3H2,1-2H3. The van der Waals surface area contributed by atoms with Crippen molar-refractivity contribution in [1.29, 1.82) is 0 Å². The average Bonchev–Trinajstić information content (AvgIpc) is 2.90. The summed E-state index contributed by atoms with van der Waals surface area (Å²) in [7, 11) is 1.62. The summed E-state index contributed by atoms with van der Waals surface area (Å²) in [5.41, 5.74) is 1.66. The molecule has 0 N–H and O–H groups in total. The van der Waals surface area contributed by atoms with Crippen LogP contribution in [0.25, 0.3) is 6.08 Å². The molecule has 1 saturated heterocycles. The lowest BCUT2D eigenvalue weighted by Crippen LogP contribution is -2.27. The molecule has 1 amide bonds. The van der Waals surface area contributed by atoms with Gasteiger partial charge in [-0.1, -0.05) is 36.1 Å². The number of rotatable bonds is 5. The number of carbonyl (C=O) groups excluding carboxylic acids is 1. The van der Waals surface area contributed by atoms with Crippen LogP contribution < -0.4 is 14.4 Å². The van der Waals surface area contributed by atoms with Crippen molar-refractivity contribution in [3.05, 3.63) is 59.0 Å². The lowest BCUT2D eigenvalue weighted by atomic mass is 10.2. The van der Waals surface area contributed by atoms with Gasteiger partial charge in [0.2, 0.25) is 0 Å². The fourth-order valence-electron chi connectivity index (χ4n) is 2.40. The van der Waals surface area contributed by atoms with Gasteiger partial charge in [-0.15, -0.1) is 0 Å². The first kappa shape index (κ1) is 17.5. The summed E-state index contributed by atoms with van der Waals surface area (Å²) in [5, 5.41) is 0. The summed E-state index contributed by atoms with van der Waals surface area (Å²) in [6, 6.07) is 14.9. The number of benzene rings is 2. The number of ether oxygens (including phenoxy) is 2. The lowest BCUT2D eigenvalue weighted by Gasteiger charge is -2.15. The predicted octanol–water partition coefficient (Wildman–Crippen LogP) is 4.50. The Morgan fingerprint density at radius 1 is 1.08 bits per heavy atom. The third-order valence-corrected chi connectivity index (χ3v) is 4.92. The first-order chi connectivity index (χ1) is 12.1. The molecule has 3 rings (SSSR count). The van der Waals surface area contributed by atoms with E-state index in [9.17, 15) is 4.79 Å². The SMILES string of the molecule is CCOc1ccc(N2C(=O)C(=Cc3ccc(OC)cc3)SC2=S)cc1. The van der Waals surface area contributed by atoms with Crippen molar-refractivity contribution in [1.82, 2.24) is 0 Å². The number of carbonyl (C=O) groups is 1. The monoisotopic (exact) mass is 371 g/mol. The van der Waals surface area contributed by atoms with E-state index in [2.05, 4.69) is 0 Å². The van der Waals surface area contributed by atoms with E-state index in [0.29, 0.717) is 15.8 Å². The van der Waals surface area contributed by atoms with Crippen molar-refractivity contribution >= 4 is 46.0 Å². The molecule has 1 fully saturated rings. The predicted molar refractivity (Wildman–Crippen MR) is 106 cm³/mol. The molecular formula is C19H17NO3S2. The normalized spacial score (nSPS) is 15.8. The van der Waals surface area contributed by atoms with E-state index in [1.165, 1.54) is 11.8 Å². The molecule has 0 radical (unpaired) electrons. The van der Waals surface area contributed by atoms with Crippen LogP contribution in [0.5, 0.6) is 11.5 Å². The molecule has 1 aliphatic heterocycles. The van der Waals surface area contributed by atoms with Crippen LogP contribution in [0.15, 0.2) is 53.4 Å². The molecule has 0 unspecified atom stereocenters. The van der Waals surface area contributed by atoms with E-state index in [1.54, 1.807) is 12.0 Å².